The number of aromatic nitrogens is 2. The smallest absolute Gasteiger partial charge is 0.387 e. The van der Waals surface area contributed by atoms with Crippen LogP contribution in [0.4, 0.5) is 16.6 Å². The van der Waals surface area contributed by atoms with Gasteiger partial charge in [0.15, 0.2) is 0 Å². The summed E-state index contributed by atoms with van der Waals surface area (Å²) < 4.78 is 5.04. The van der Waals surface area contributed by atoms with Crippen LogP contribution < -0.4 is 20.9 Å². The van der Waals surface area contributed by atoms with Gasteiger partial charge in [0, 0.05) is 11.8 Å². The number of nitrogens with one attached hydrogen (secondary N) is 2. The van der Waals surface area contributed by atoms with E-state index in [2.05, 4.69) is 20.6 Å². The Morgan fingerprint density at radius 3 is 2.90 bits per heavy atom. The van der Waals surface area contributed by atoms with Crippen LogP contribution in [0.1, 0.15) is 13.8 Å². The minimum absolute atomic E-state index is 0.0214. The number of nitrogens with zero attached hydrogens (tertiary/aromatic N) is 3. The van der Waals surface area contributed by atoms with Gasteiger partial charge in [-0.25, -0.2) is 9.78 Å². The van der Waals surface area contributed by atoms with Crippen molar-refractivity contribution in [3.05, 3.63) is 6.20 Å². The third kappa shape index (κ3) is 4.09. The second-order valence-corrected chi connectivity index (χ2v) is 8.59. The molecule has 160 valence electrons. The van der Waals surface area contributed by atoms with Crippen molar-refractivity contribution in [2.45, 2.75) is 43.0 Å². The van der Waals surface area contributed by atoms with Gasteiger partial charge in [-0.2, -0.15) is 9.47 Å². The number of carbonyl (C=O) groups excluding carboxylic acids is 2. The third-order valence-corrected chi connectivity index (χ3v) is 6.30. The minimum atomic E-state index is -1.24. The third-order valence-electron chi connectivity index (χ3n) is 5.27. The van der Waals surface area contributed by atoms with Crippen molar-refractivity contribution in [2.24, 2.45) is 5.92 Å². The van der Waals surface area contributed by atoms with E-state index in [1.807, 2.05) is 13.8 Å². The van der Waals surface area contributed by atoms with Crippen LogP contribution in [-0.2, 0) is 9.53 Å². The summed E-state index contributed by atoms with van der Waals surface area (Å²) in [5.74, 6) is -0.00956. The highest BCUT2D eigenvalue weighted by molar-refractivity contribution is 8.14. The fourth-order valence-corrected chi connectivity index (χ4v) is 4.62. The molecule has 3 heterocycles. The predicted octanol–water partition coefficient (Wildman–Crippen LogP) is -0.970. The first-order valence-electron chi connectivity index (χ1n) is 9.35. The number of hydrogen-bond acceptors (Lipinski definition) is 11. The number of fused-ring (bicyclic) bond motifs is 2. The lowest BCUT2D eigenvalue weighted by atomic mass is 10.0. The van der Waals surface area contributed by atoms with E-state index in [4.69, 9.17) is 10.5 Å². The van der Waals surface area contributed by atoms with Gasteiger partial charge in [0.05, 0.1) is 12.2 Å². The molecular formula is C17H27N6O5S+. The molecule has 5 atom stereocenters. The van der Waals surface area contributed by atoms with Gasteiger partial charge in [0.25, 0.3) is 5.82 Å². The first-order valence-corrected chi connectivity index (χ1v) is 10.2. The van der Waals surface area contributed by atoms with Gasteiger partial charge in [-0.1, -0.05) is 13.8 Å². The number of esters is 1. The van der Waals surface area contributed by atoms with Crippen molar-refractivity contribution in [3.63, 3.8) is 0 Å². The Morgan fingerprint density at radius 2 is 2.24 bits per heavy atom. The Labute approximate surface area is 172 Å². The average Bonchev–Trinajstić information content (AvgIpc) is 2.84. The molecule has 29 heavy (non-hydrogen) atoms. The quantitative estimate of drug-likeness (QED) is 0.290. The molecule has 0 saturated carbocycles. The number of likely N-dealkylation sites (N-methyl/N-ethyl adjacent to an activating group) is 1. The molecule has 12 heteroatoms. The maximum atomic E-state index is 12.8. The van der Waals surface area contributed by atoms with E-state index in [0.29, 0.717) is 10.7 Å². The molecule has 11 nitrogen and oxygen atoms in total. The van der Waals surface area contributed by atoms with Gasteiger partial charge in [-0.15, -0.1) is 0 Å². The number of quaternary nitrogens is 1. The van der Waals surface area contributed by atoms with Crippen LogP contribution in [0, 0.1) is 5.92 Å². The van der Waals surface area contributed by atoms with Crippen LogP contribution in [-0.4, -0.2) is 82.5 Å². The van der Waals surface area contributed by atoms with Crippen LogP contribution in [0.2, 0.25) is 0 Å². The van der Waals surface area contributed by atoms with Crippen molar-refractivity contribution in [2.75, 3.05) is 32.6 Å². The van der Waals surface area contributed by atoms with Crippen LogP contribution in [0.15, 0.2) is 11.1 Å². The molecule has 1 amide bonds. The number of ether oxygens (including phenoxy) is 1. The monoisotopic (exact) mass is 427 g/mol. The summed E-state index contributed by atoms with van der Waals surface area (Å²) >= 11 is 0.974. The van der Waals surface area contributed by atoms with Gasteiger partial charge >= 0.3 is 11.2 Å². The Kier molecular flexibility index (Phi) is 6.41. The van der Waals surface area contributed by atoms with Gasteiger partial charge in [-0.05, 0) is 13.0 Å². The summed E-state index contributed by atoms with van der Waals surface area (Å²) in [6, 6.07) is -1.23. The van der Waals surface area contributed by atoms with Gasteiger partial charge in [-0.3, -0.25) is 10.1 Å². The Morgan fingerprint density at radius 1 is 1.52 bits per heavy atom. The number of anilines is 1. The van der Waals surface area contributed by atoms with Crippen molar-refractivity contribution in [1.82, 2.24) is 25.1 Å². The maximum absolute atomic E-state index is 12.8. The van der Waals surface area contributed by atoms with E-state index < -0.39 is 30.3 Å². The fraction of sp³-hybridized carbons (Fsp3) is 0.647. The number of rotatable bonds is 5. The largest absolute Gasteiger partial charge is 0.463 e. The zero-order chi connectivity index (χ0) is 21.3. The number of aliphatic hydroxyl groups excluding tert-OH is 2. The molecule has 1 aromatic rings. The number of amides is 1. The number of nitrogens with two attached hydrogens (primary N) is 1. The molecule has 2 aliphatic heterocycles. The molecule has 6 N–H and O–H groups in total. The van der Waals surface area contributed by atoms with Crippen molar-refractivity contribution in [1.29, 1.82) is 0 Å². The molecular weight excluding hydrogens is 400 g/mol. The highest BCUT2D eigenvalue weighted by atomic mass is 32.2. The molecule has 1 fully saturated rings. The summed E-state index contributed by atoms with van der Waals surface area (Å²) in [6.07, 6.45) is -1.01. The van der Waals surface area contributed by atoms with Crippen molar-refractivity contribution in [3.8, 4) is 0 Å². The lowest BCUT2D eigenvalue weighted by molar-refractivity contribution is -0.149. The predicted molar refractivity (Wildman–Crippen MR) is 107 cm³/mol. The first-order chi connectivity index (χ1) is 13.7. The zero-order valence-corrected chi connectivity index (χ0v) is 17.3. The van der Waals surface area contributed by atoms with E-state index in [-0.39, 0.29) is 41.4 Å². The van der Waals surface area contributed by atoms with Crippen molar-refractivity contribution < 1.29 is 24.5 Å². The highest BCUT2D eigenvalue weighted by Gasteiger charge is 2.54. The molecule has 0 aliphatic carbocycles. The van der Waals surface area contributed by atoms with E-state index >= 15 is 0 Å². The molecule has 0 bridgehead atoms. The standard InChI is InChI=1S/C17H27N6O5S/c1-8(2)12(19-3)15(26)28-6-9-13(25)10(24)5-23(7-21-9)14-11(29-17(23)27)4-20-16(18)22-14/h4,8-10,12-13,19,21,24-25H,5-7H2,1-3H3,(H2,18,20,22)/q+1/t9-,10+,12+,13-,23?/m1/s1. The Hall–Kier alpha value is -1.83. The van der Waals surface area contributed by atoms with Crippen molar-refractivity contribution >= 4 is 34.7 Å². The summed E-state index contributed by atoms with van der Waals surface area (Å²) in [4.78, 5) is 33.8. The number of hydrogen-bond donors (Lipinski definition) is 5. The number of thioether (sulfide) groups is 1. The van der Waals surface area contributed by atoms with Crippen LogP contribution in [0.25, 0.3) is 0 Å². The zero-order valence-electron chi connectivity index (χ0n) is 16.5. The Bertz CT molecular complexity index is 796. The average molecular weight is 428 g/mol. The molecule has 3 rings (SSSR count). The fourth-order valence-electron chi connectivity index (χ4n) is 3.62. The second kappa shape index (κ2) is 8.50. The van der Waals surface area contributed by atoms with Crippen LogP contribution in [0.5, 0.6) is 0 Å². The Balaban J connectivity index is 1.77. The maximum Gasteiger partial charge on any atom is 0.387 e. The molecule has 1 unspecified atom stereocenters. The molecule has 0 aromatic carbocycles. The lowest BCUT2D eigenvalue weighted by Gasteiger charge is -2.29. The molecule has 1 aromatic heterocycles. The molecule has 2 aliphatic rings. The van der Waals surface area contributed by atoms with Gasteiger partial charge in [0.1, 0.15) is 43.0 Å². The summed E-state index contributed by atoms with van der Waals surface area (Å²) in [7, 11) is 1.67. The second-order valence-electron chi connectivity index (χ2n) is 7.60. The number of carbonyl (C=O) groups is 2. The van der Waals surface area contributed by atoms with Crippen LogP contribution >= 0.6 is 11.8 Å². The summed E-state index contributed by atoms with van der Waals surface area (Å²) in [6.45, 7) is 3.60. The summed E-state index contributed by atoms with van der Waals surface area (Å²) in [5, 5.41) is 26.8. The SMILES string of the molecule is CN[C@H](C(=O)OC[C@H]1NC[N+]2(C[C@H](O)[C@@H]1O)C(=O)Sc1cnc(N)nc12)C(C)C. The molecule has 0 radical (unpaired) electrons. The summed E-state index contributed by atoms with van der Waals surface area (Å²) in [5.41, 5.74) is 5.69. The molecule has 1 spiro atoms. The normalized spacial score (nSPS) is 30.3. The van der Waals surface area contributed by atoms with Crippen LogP contribution in [0.3, 0.4) is 0 Å². The topological polar surface area (TPSA) is 160 Å². The van der Waals surface area contributed by atoms with E-state index in [0.717, 1.165) is 11.8 Å². The number of nitrogen functional groups attached to an aromatic ring is 1. The first kappa shape index (κ1) is 21.9. The highest BCUT2D eigenvalue weighted by Crippen LogP contribution is 2.44. The van der Waals surface area contributed by atoms with Gasteiger partial charge < -0.3 is 26.0 Å². The van der Waals surface area contributed by atoms with E-state index in [9.17, 15) is 19.8 Å². The van der Waals surface area contributed by atoms with E-state index in [1.54, 1.807) is 7.05 Å². The number of aliphatic hydroxyl groups is 2. The van der Waals surface area contributed by atoms with Gasteiger partial charge in [0.2, 0.25) is 5.95 Å². The van der Waals surface area contributed by atoms with E-state index in [1.165, 1.54) is 6.20 Å². The minimum Gasteiger partial charge on any atom is -0.463 e. The molecule has 1 saturated heterocycles. The lowest BCUT2D eigenvalue weighted by Crippen LogP contribution is -2.57.